The molecule has 1 heterocycles. The van der Waals surface area contributed by atoms with Gasteiger partial charge in [-0.05, 0) is 42.0 Å². The minimum atomic E-state index is -0.658. The number of rotatable bonds is 6. The normalized spacial score (nSPS) is 10.7. The van der Waals surface area contributed by atoms with Crippen molar-refractivity contribution >= 4 is 12.0 Å². The molecule has 1 aromatic heterocycles. The molecule has 3 aromatic rings. The summed E-state index contributed by atoms with van der Waals surface area (Å²) in [6.07, 6.45) is 5.61. The summed E-state index contributed by atoms with van der Waals surface area (Å²) in [6, 6.07) is 13.6. The Kier molecular flexibility index (Phi) is 5.89. The SMILES string of the molecule is O=C(/C=C/c1ccc(Oc2cccnc2)c(F)c1)OCc1ccccc1F. The number of benzene rings is 2. The molecule has 4 nitrogen and oxygen atoms in total. The molecule has 3 rings (SSSR count). The largest absolute Gasteiger partial charge is 0.458 e. The topological polar surface area (TPSA) is 48.4 Å². The van der Waals surface area contributed by atoms with Gasteiger partial charge in [0.25, 0.3) is 0 Å². The molecule has 27 heavy (non-hydrogen) atoms. The molecule has 0 amide bonds. The summed E-state index contributed by atoms with van der Waals surface area (Å²) in [7, 11) is 0. The maximum Gasteiger partial charge on any atom is 0.331 e. The number of hydrogen-bond acceptors (Lipinski definition) is 4. The number of esters is 1. The number of nitrogens with zero attached hydrogens (tertiary/aromatic N) is 1. The van der Waals surface area contributed by atoms with Gasteiger partial charge in [0.15, 0.2) is 11.6 Å². The summed E-state index contributed by atoms with van der Waals surface area (Å²) in [4.78, 5) is 15.6. The maximum absolute atomic E-state index is 14.1. The minimum absolute atomic E-state index is 0.0438. The van der Waals surface area contributed by atoms with Gasteiger partial charge in [0.05, 0.1) is 6.20 Å². The van der Waals surface area contributed by atoms with Crippen LogP contribution in [0.3, 0.4) is 0 Å². The average molecular weight is 367 g/mol. The van der Waals surface area contributed by atoms with E-state index in [9.17, 15) is 13.6 Å². The maximum atomic E-state index is 14.1. The highest BCUT2D eigenvalue weighted by Gasteiger charge is 2.07. The molecule has 0 atom stereocenters. The highest BCUT2D eigenvalue weighted by Crippen LogP contribution is 2.24. The van der Waals surface area contributed by atoms with Gasteiger partial charge >= 0.3 is 5.97 Å². The highest BCUT2D eigenvalue weighted by atomic mass is 19.1. The molecule has 0 radical (unpaired) electrons. The number of hydrogen-bond donors (Lipinski definition) is 0. The van der Waals surface area contributed by atoms with Crippen LogP contribution >= 0.6 is 0 Å². The van der Waals surface area contributed by atoms with E-state index in [1.807, 2.05) is 0 Å². The van der Waals surface area contributed by atoms with Crippen molar-refractivity contribution in [3.05, 3.63) is 95.8 Å². The van der Waals surface area contributed by atoms with E-state index in [4.69, 9.17) is 9.47 Å². The van der Waals surface area contributed by atoms with Crippen LogP contribution in [0, 0.1) is 11.6 Å². The van der Waals surface area contributed by atoms with E-state index in [2.05, 4.69) is 4.98 Å². The number of aromatic nitrogens is 1. The second-order valence-corrected chi connectivity index (χ2v) is 5.51. The molecule has 0 spiro atoms. The third-order valence-electron chi connectivity index (χ3n) is 3.56. The fourth-order valence-corrected chi connectivity index (χ4v) is 2.21. The average Bonchev–Trinajstić information content (AvgIpc) is 2.68. The highest BCUT2D eigenvalue weighted by molar-refractivity contribution is 5.87. The first-order valence-corrected chi connectivity index (χ1v) is 8.07. The van der Waals surface area contributed by atoms with Crippen LogP contribution < -0.4 is 4.74 Å². The van der Waals surface area contributed by atoms with E-state index in [0.29, 0.717) is 11.3 Å². The van der Waals surface area contributed by atoms with Gasteiger partial charge in [0, 0.05) is 17.8 Å². The number of halogens is 2. The van der Waals surface area contributed by atoms with Gasteiger partial charge in [-0.15, -0.1) is 0 Å². The second-order valence-electron chi connectivity index (χ2n) is 5.51. The zero-order valence-corrected chi connectivity index (χ0v) is 14.1. The number of carbonyl (C=O) groups is 1. The van der Waals surface area contributed by atoms with Crippen LogP contribution in [0.5, 0.6) is 11.5 Å². The molecule has 0 unspecified atom stereocenters. The summed E-state index contributed by atoms with van der Waals surface area (Å²) >= 11 is 0. The molecule has 0 aliphatic heterocycles. The molecule has 0 saturated carbocycles. The van der Waals surface area contributed by atoms with E-state index in [1.54, 1.807) is 36.5 Å². The van der Waals surface area contributed by atoms with Gasteiger partial charge in [-0.3, -0.25) is 4.98 Å². The molecule has 0 N–H and O–H groups in total. The smallest absolute Gasteiger partial charge is 0.331 e. The number of carbonyl (C=O) groups excluding carboxylic acids is 1. The van der Waals surface area contributed by atoms with Crippen molar-refractivity contribution in [2.24, 2.45) is 0 Å². The predicted molar refractivity (Wildman–Crippen MR) is 95.9 cm³/mol. The lowest BCUT2D eigenvalue weighted by Crippen LogP contribution is -2.02. The fraction of sp³-hybridized carbons (Fsp3) is 0.0476. The Bertz CT molecular complexity index is 959. The first-order chi connectivity index (χ1) is 13.1. The molecule has 0 fully saturated rings. The molecule has 0 bridgehead atoms. The van der Waals surface area contributed by atoms with E-state index >= 15 is 0 Å². The van der Waals surface area contributed by atoms with E-state index in [0.717, 1.165) is 6.08 Å². The fourth-order valence-electron chi connectivity index (χ4n) is 2.21. The lowest BCUT2D eigenvalue weighted by Gasteiger charge is -2.06. The van der Waals surface area contributed by atoms with E-state index in [1.165, 1.54) is 36.5 Å². The minimum Gasteiger partial charge on any atom is -0.458 e. The Morgan fingerprint density at radius 2 is 1.89 bits per heavy atom. The van der Waals surface area contributed by atoms with Gasteiger partial charge in [-0.1, -0.05) is 24.3 Å². The Hall–Kier alpha value is -3.54. The van der Waals surface area contributed by atoms with Crippen molar-refractivity contribution in [3.8, 4) is 11.5 Å². The van der Waals surface area contributed by atoms with Crippen LogP contribution in [-0.4, -0.2) is 11.0 Å². The Balaban J connectivity index is 1.59. The molecule has 6 heteroatoms. The molecule has 0 aliphatic carbocycles. The summed E-state index contributed by atoms with van der Waals surface area (Å²) in [5.74, 6) is -1.23. The first kappa shape index (κ1) is 18.3. The summed E-state index contributed by atoms with van der Waals surface area (Å²) in [5.41, 5.74) is 0.732. The predicted octanol–water partition coefficient (Wildman–Crippen LogP) is 4.91. The van der Waals surface area contributed by atoms with Crippen LogP contribution in [0.1, 0.15) is 11.1 Å². The monoisotopic (exact) mass is 367 g/mol. The third-order valence-corrected chi connectivity index (χ3v) is 3.56. The molecule has 2 aromatic carbocycles. The van der Waals surface area contributed by atoms with Crippen molar-refractivity contribution in [2.45, 2.75) is 6.61 Å². The summed E-state index contributed by atoms with van der Waals surface area (Å²) in [6.45, 7) is -0.178. The first-order valence-electron chi connectivity index (χ1n) is 8.07. The lowest BCUT2D eigenvalue weighted by molar-refractivity contribution is -0.138. The van der Waals surface area contributed by atoms with Crippen molar-refractivity contribution in [1.29, 1.82) is 0 Å². The standard InChI is InChI=1S/C21H15F2NO3/c22-18-6-2-1-4-16(18)14-26-21(25)10-8-15-7-9-20(19(23)12-15)27-17-5-3-11-24-13-17/h1-13H,14H2/b10-8+. The van der Waals surface area contributed by atoms with E-state index in [-0.39, 0.29) is 17.9 Å². The van der Waals surface area contributed by atoms with Gasteiger partial charge in [-0.25, -0.2) is 13.6 Å². The molecular weight excluding hydrogens is 352 g/mol. The van der Waals surface area contributed by atoms with Gasteiger partial charge in [-0.2, -0.15) is 0 Å². The number of pyridine rings is 1. The third kappa shape index (κ3) is 5.22. The van der Waals surface area contributed by atoms with Crippen molar-refractivity contribution in [3.63, 3.8) is 0 Å². The lowest BCUT2D eigenvalue weighted by atomic mass is 10.2. The quantitative estimate of drug-likeness (QED) is 0.459. The zero-order chi connectivity index (χ0) is 19.1. The van der Waals surface area contributed by atoms with Crippen molar-refractivity contribution < 1.29 is 23.0 Å². The summed E-state index contributed by atoms with van der Waals surface area (Å²) in [5, 5.41) is 0. The van der Waals surface area contributed by atoms with Crippen LogP contribution in [-0.2, 0) is 16.1 Å². The molecule has 0 saturated heterocycles. The van der Waals surface area contributed by atoms with Crippen LogP contribution in [0.15, 0.2) is 73.1 Å². The number of ether oxygens (including phenoxy) is 2. The van der Waals surface area contributed by atoms with Crippen molar-refractivity contribution in [2.75, 3.05) is 0 Å². The van der Waals surface area contributed by atoms with Gasteiger partial charge in [0.2, 0.25) is 0 Å². The molecule has 0 aliphatic rings. The molecular formula is C21H15F2NO3. The van der Waals surface area contributed by atoms with Crippen molar-refractivity contribution in [1.82, 2.24) is 4.98 Å². The summed E-state index contributed by atoms with van der Waals surface area (Å²) < 4.78 is 38.0. The van der Waals surface area contributed by atoms with Crippen LogP contribution in [0.2, 0.25) is 0 Å². The Morgan fingerprint density at radius 1 is 1.04 bits per heavy atom. The molecule has 136 valence electrons. The van der Waals surface area contributed by atoms with Crippen LogP contribution in [0.4, 0.5) is 8.78 Å². The van der Waals surface area contributed by atoms with Gasteiger partial charge in [0.1, 0.15) is 18.2 Å². The Labute approximate surface area is 154 Å². The van der Waals surface area contributed by atoms with E-state index < -0.39 is 17.6 Å². The second kappa shape index (κ2) is 8.71. The van der Waals surface area contributed by atoms with Gasteiger partial charge < -0.3 is 9.47 Å². The zero-order valence-electron chi connectivity index (χ0n) is 14.1. The van der Waals surface area contributed by atoms with Crippen LogP contribution in [0.25, 0.3) is 6.08 Å². The Morgan fingerprint density at radius 3 is 2.63 bits per heavy atom.